The number of aromatic nitrogens is 4. The van der Waals surface area contributed by atoms with Gasteiger partial charge in [0, 0.05) is 24.2 Å². The second-order valence-electron chi connectivity index (χ2n) is 5.10. The van der Waals surface area contributed by atoms with Crippen LogP contribution in [-0.2, 0) is 6.54 Å². The molecule has 0 saturated heterocycles. The number of nitrogens with zero attached hydrogens (tertiary/aromatic N) is 4. The van der Waals surface area contributed by atoms with Gasteiger partial charge in [0.25, 0.3) is 0 Å². The van der Waals surface area contributed by atoms with E-state index in [1.165, 1.54) is 12.8 Å². The Morgan fingerprint density at radius 1 is 1.50 bits per heavy atom. The van der Waals surface area contributed by atoms with E-state index in [1.54, 1.807) is 16.0 Å². The van der Waals surface area contributed by atoms with Crippen molar-refractivity contribution in [2.75, 3.05) is 0 Å². The molecule has 3 aromatic heterocycles. The molecule has 0 atom stereocenters. The molecule has 1 N–H and O–H groups in total. The second-order valence-corrected chi connectivity index (χ2v) is 6.38. The first-order chi connectivity index (χ1) is 9.72. The monoisotopic (exact) mass is 307 g/mol. The van der Waals surface area contributed by atoms with Crippen molar-refractivity contribution < 1.29 is 0 Å². The van der Waals surface area contributed by atoms with Gasteiger partial charge in [0.15, 0.2) is 10.8 Å². The highest BCUT2D eigenvalue weighted by Gasteiger charge is 2.23. The zero-order valence-electron chi connectivity index (χ0n) is 11.0. The van der Waals surface area contributed by atoms with Crippen LogP contribution in [0, 0.1) is 6.92 Å². The third-order valence-electron chi connectivity index (χ3n) is 3.53. The van der Waals surface area contributed by atoms with Crippen LogP contribution in [0.2, 0.25) is 5.02 Å². The van der Waals surface area contributed by atoms with Gasteiger partial charge in [0.05, 0.1) is 22.6 Å². The molecule has 0 spiro atoms. The van der Waals surface area contributed by atoms with Gasteiger partial charge in [-0.2, -0.15) is 10.1 Å². The van der Waals surface area contributed by atoms with E-state index in [1.807, 2.05) is 18.5 Å². The van der Waals surface area contributed by atoms with Crippen LogP contribution in [0.4, 0.5) is 0 Å². The summed E-state index contributed by atoms with van der Waals surface area (Å²) in [5.74, 6) is 0.861. The van der Waals surface area contributed by atoms with Crippen LogP contribution >= 0.6 is 22.9 Å². The molecule has 0 radical (unpaired) electrons. The van der Waals surface area contributed by atoms with E-state index in [0.29, 0.717) is 11.1 Å². The average Bonchev–Trinajstić information content (AvgIpc) is 2.88. The Kier molecular flexibility index (Phi) is 2.83. The van der Waals surface area contributed by atoms with Gasteiger partial charge in [-0.25, -0.2) is 4.68 Å². The Labute approximate surface area is 125 Å². The van der Waals surface area contributed by atoms with Gasteiger partial charge in [0.2, 0.25) is 0 Å². The molecule has 1 fully saturated rings. The van der Waals surface area contributed by atoms with Crippen molar-refractivity contribution in [2.24, 2.45) is 0 Å². The van der Waals surface area contributed by atoms with Crippen molar-refractivity contribution in [3.63, 3.8) is 0 Å². The topological polar surface area (TPSA) is 47.2 Å². The fourth-order valence-corrected chi connectivity index (χ4v) is 3.10. The molecule has 1 aliphatic carbocycles. The fourth-order valence-electron chi connectivity index (χ4n) is 2.24. The van der Waals surface area contributed by atoms with Gasteiger partial charge in [-0.1, -0.05) is 11.6 Å². The molecule has 5 nitrogen and oxygen atoms in total. The number of imidazole rings is 1. The van der Waals surface area contributed by atoms with Crippen molar-refractivity contribution in [3.8, 4) is 5.82 Å². The van der Waals surface area contributed by atoms with Gasteiger partial charge in [-0.3, -0.25) is 4.40 Å². The Morgan fingerprint density at radius 3 is 3.05 bits per heavy atom. The highest BCUT2D eigenvalue weighted by molar-refractivity contribution is 7.15. The first-order valence-electron chi connectivity index (χ1n) is 6.62. The van der Waals surface area contributed by atoms with Gasteiger partial charge in [0.1, 0.15) is 0 Å². The Morgan fingerprint density at radius 2 is 2.35 bits per heavy atom. The summed E-state index contributed by atoms with van der Waals surface area (Å²) in [7, 11) is 0. The minimum Gasteiger partial charge on any atom is -0.308 e. The fraction of sp³-hybridized carbons (Fsp3) is 0.385. The lowest BCUT2D eigenvalue weighted by Crippen LogP contribution is -2.18. The molecule has 104 valence electrons. The van der Waals surface area contributed by atoms with E-state index in [2.05, 4.69) is 26.0 Å². The van der Waals surface area contributed by atoms with Gasteiger partial charge in [-0.05, 0) is 19.8 Å². The van der Waals surface area contributed by atoms with Crippen LogP contribution in [0.25, 0.3) is 10.8 Å². The van der Waals surface area contributed by atoms with Crippen LogP contribution in [0.1, 0.15) is 24.2 Å². The number of nitrogens with one attached hydrogen (secondary N) is 1. The van der Waals surface area contributed by atoms with Crippen molar-refractivity contribution in [2.45, 2.75) is 32.4 Å². The maximum Gasteiger partial charge on any atom is 0.196 e. The number of hydrogen-bond donors (Lipinski definition) is 1. The third-order valence-corrected chi connectivity index (χ3v) is 4.66. The normalized spacial score (nSPS) is 15.3. The summed E-state index contributed by atoms with van der Waals surface area (Å²) in [5, 5.41) is 10.7. The molecule has 20 heavy (non-hydrogen) atoms. The summed E-state index contributed by atoms with van der Waals surface area (Å²) in [6.45, 7) is 2.70. The van der Waals surface area contributed by atoms with Gasteiger partial charge in [-0.15, -0.1) is 11.3 Å². The maximum atomic E-state index is 6.11. The van der Waals surface area contributed by atoms with E-state index in [-0.39, 0.29) is 0 Å². The van der Waals surface area contributed by atoms with Crippen LogP contribution in [0.15, 0.2) is 17.8 Å². The molecule has 0 amide bonds. The van der Waals surface area contributed by atoms with Crippen LogP contribution < -0.4 is 5.32 Å². The smallest absolute Gasteiger partial charge is 0.196 e. The highest BCUT2D eigenvalue weighted by Crippen LogP contribution is 2.24. The molecule has 7 heteroatoms. The Balaban J connectivity index is 1.79. The summed E-state index contributed by atoms with van der Waals surface area (Å²) >= 11 is 7.74. The number of rotatable bonds is 4. The Hall–Kier alpha value is -1.37. The summed E-state index contributed by atoms with van der Waals surface area (Å²) in [6.07, 6.45) is 6.42. The quantitative estimate of drug-likeness (QED) is 0.806. The number of aryl methyl sites for hydroxylation is 1. The number of thiazole rings is 1. The zero-order valence-corrected chi connectivity index (χ0v) is 12.6. The number of hydrogen-bond acceptors (Lipinski definition) is 4. The highest BCUT2D eigenvalue weighted by atomic mass is 35.5. The predicted octanol–water partition coefficient (Wildman–Crippen LogP) is 2.80. The Bertz CT molecular complexity index is 748. The molecular formula is C13H14ClN5S. The van der Waals surface area contributed by atoms with Crippen LogP contribution in [0.5, 0.6) is 0 Å². The minimum absolute atomic E-state index is 0.662. The standard InChI is InChI=1S/C13H14ClN5S/c1-8-10(14)7-19(17-8)12-11(6-15-9-2-3-9)18-4-5-20-13(18)16-12/h4-5,7,9,15H,2-3,6H2,1H3. The molecular weight excluding hydrogens is 294 g/mol. The molecule has 0 unspecified atom stereocenters. The van der Waals surface area contributed by atoms with Crippen molar-refractivity contribution in [1.29, 1.82) is 0 Å². The maximum absolute atomic E-state index is 6.11. The summed E-state index contributed by atoms with van der Waals surface area (Å²) in [4.78, 5) is 5.66. The van der Waals surface area contributed by atoms with E-state index < -0.39 is 0 Å². The van der Waals surface area contributed by atoms with Crippen LogP contribution in [0.3, 0.4) is 0 Å². The molecule has 3 aromatic rings. The zero-order chi connectivity index (χ0) is 13.7. The molecule has 0 bridgehead atoms. The van der Waals surface area contributed by atoms with E-state index >= 15 is 0 Å². The number of halogens is 1. The van der Waals surface area contributed by atoms with Gasteiger partial charge < -0.3 is 5.32 Å². The lowest BCUT2D eigenvalue weighted by molar-refractivity contribution is 0.662. The van der Waals surface area contributed by atoms with E-state index in [0.717, 1.165) is 28.7 Å². The molecule has 0 aromatic carbocycles. The minimum atomic E-state index is 0.662. The number of fused-ring (bicyclic) bond motifs is 1. The first-order valence-corrected chi connectivity index (χ1v) is 7.88. The second kappa shape index (κ2) is 4.58. The van der Waals surface area contributed by atoms with Crippen LogP contribution in [-0.4, -0.2) is 25.2 Å². The molecule has 0 aliphatic heterocycles. The van der Waals surface area contributed by atoms with Crippen molar-refractivity contribution in [1.82, 2.24) is 24.5 Å². The third kappa shape index (κ3) is 2.04. The van der Waals surface area contributed by atoms with Crippen molar-refractivity contribution in [3.05, 3.63) is 34.2 Å². The summed E-state index contributed by atoms with van der Waals surface area (Å²) in [5.41, 5.74) is 1.96. The van der Waals surface area contributed by atoms with Gasteiger partial charge >= 0.3 is 0 Å². The first kappa shape index (κ1) is 12.4. The summed E-state index contributed by atoms with van der Waals surface area (Å²) in [6, 6.07) is 0.662. The molecule has 4 rings (SSSR count). The molecule has 3 heterocycles. The lowest BCUT2D eigenvalue weighted by Gasteiger charge is -2.05. The largest absolute Gasteiger partial charge is 0.308 e. The lowest BCUT2D eigenvalue weighted by atomic mass is 10.4. The molecule has 1 aliphatic rings. The predicted molar refractivity (Wildman–Crippen MR) is 79.8 cm³/mol. The van der Waals surface area contributed by atoms with Crippen molar-refractivity contribution >= 4 is 27.9 Å². The average molecular weight is 308 g/mol. The van der Waals surface area contributed by atoms with E-state index in [9.17, 15) is 0 Å². The summed E-state index contributed by atoms with van der Waals surface area (Å²) < 4.78 is 3.90. The van der Waals surface area contributed by atoms with E-state index in [4.69, 9.17) is 11.6 Å². The molecule has 1 saturated carbocycles. The SMILES string of the molecule is Cc1nn(-c2nc3sccn3c2CNC2CC2)cc1Cl.